The van der Waals surface area contributed by atoms with Gasteiger partial charge in [-0.15, -0.1) is 0 Å². The van der Waals surface area contributed by atoms with Crippen molar-refractivity contribution in [1.29, 1.82) is 0 Å². The molecule has 0 aliphatic carbocycles. The van der Waals surface area contributed by atoms with Gasteiger partial charge in [-0.1, -0.05) is 19.1 Å². The molecule has 7 heteroatoms. The van der Waals surface area contributed by atoms with Crippen molar-refractivity contribution in [2.75, 3.05) is 18.4 Å². The zero-order chi connectivity index (χ0) is 21.1. The molecule has 0 fully saturated rings. The lowest BCUT2D eigenvalue weighted by atomic mass is 10.2. The number of hydrogen-bond donors (Lipinski definition) is 3. The number of hydrogen-bond acceptors (Lipinski definition) is 3. The third kappa shape index (κ3) is 7.97. The van der Waals surface area contributed by atoms with E-state index in [1.807, 2.05) is 42.8 Å². The Labute approximate surface area is 174 Å². The number of carbonyl (C=O) groups excluding carboxylic acids is 1. The number of guanidine groups is 1. The zero-order valence-corrected chi connectivity index (χ0v) is 18.1. The lowest BCUT2D eigenvalue weighted by Gasteiger charge is -2.12. The Hall–Kier alpha value is -2.83. The Morgan fingerprint density at radius 3 is 2.52 bits per heavy atom. The van der Waals surface area contributed by atoms with E-state index in [4.69, 9.17) is 0 Å². The summed E-state index contributed by atoms with van der Waals surface area (Å²) in [5, 5.41) is 14.1. The number of carbonyl (C=O) groups is 1. The first-order valence-electron chi connectivity index (χ1n) is 10.4. The van der Waals surface area contributed by atoms with Crippen LogP contribution >= 0.6 is 0 Å². The summed E-state index contributed by atoms with van der Waals surface area (Å²) in [7, 11) is 0. The summed E-state index contributed by atoms with van der Waals surface area (Å²) in [5.41, 5.74) is 4.17. The molecule has 3 N–H and O–H groups in total. The number of benzene rings is 1. The molecule has 0 unspecified atom stereocenters. The number of anilines is 1. The fraction of sp³-hybridized carbons (Fsp3) is 0.500. The zero-order valence-electron chi connectivity index (χ0n) is 18.1. The van der Waals surface area contributed by atoms with Crippen LogP contribution in [0.25, 0.3) is 0 Å². The SMILES string of the molecule is CCCC(=O)Nc1ccc(CN=C(NCC)NCCCn2nc(C)cc2C)cc1. The van der Waals surface area contributed by atoms with E-state index in [0.29, 0.717) is 13.0 Å². The average Bonchev–Trinajstić information content (AvgIpc) is 3.01. The van der Waals surface area contributed by atoms with Crippen LogP contribution in [0.4, 0.5) is 5.69 Å². The van der Waals surface area contributed by atoms with Crippen LogP contribution in [0.3, 0.4) is 0 Å². The largest absolute Gasteiger partial charge is 0.357 e. The predicted octanol–water partition coefficient (Wildman–Crippen LogP) is 3.38. The topological polar surface area (TPSA) is 83.3 Å². The van der Waals surface area contributed by atoms with Crippen LogP contribution in [-0.4, -0.2) is 34.7 Å². The highest BCUT2D eigenvalue weighted by Gasteiger charge is 2.03. The molecule has 2 aromatic rings. The van der Waals surface area contributed by atoms with Gasteiger partial charge in [0.05, 0.1) is 12.2 Å². The van der Waals surface area contributed by atoms with Crippen LogP contribution in [0.15, 0.2) is 35.3 Å². The number of amides is 1. The van der Waals surface area contributed by atoms with Gasteiger partial charge in [0, 0.05) is 37.4 Å². The summed E-state index contributed by atoms with van der Waals surface area (Å²) in [6.07, 6.45) is 2.36. The molecule has 1 amide bonds. The highest BCUT2D eigenvalue weighted by molar-refractivity contribution is 5.90. The molecule has 2 rings (SSSR count). The average molecular weight is 399 g/mol. The number of aliphatic imine (C=N–C) groups is 1. The van der Waals surface area contributed by atoms with Gasteiger partial charge in [-0.05, 0) is 57.4 Å². The molecule has 1 aromatic heterocycles. The number of nitrogens with one attached hydrogen (secondary N) is 3. The van der Waals surface area contributed by atoms with Crippen molar-refractivity contribution in [1.82, 2.24) is 20.4 Å². The number of rotatable bonds is 10. The Balaban J connectivity index is 1.81. The second-order valence-electron chi connectivity index (χ2n) is 7.12. The van der Waals surface area contributed by atoms with Crippen LogP contribution < -0.4 is 16.0 Å². The van der Waals surface area contributed by atoms with E-state index < -0.39 is 0 Å². The minimum atomic E-state index is 0.0531. The van der Waals surface area contributed by atoms with Crippen LogP contribution in [0.5, 0.6) is 0 Å². The van der Waals surface area contributed by atoms with Crippen LogP contribution in [0.1, 0.15) is 50.1 Å². The Morgan fingerprint density at radius 2 is 1.90 bits per heavy atom. The third-order valence-corrected chi connectivity index (χ3v) is 4.42. The molecule has 158 valence electrons. The van der Waals surface area contributed by atoms with Gasteiger partial charge in [0.15, 0.2) is 5.96 Å². The summed E-state index contributed by atoms with van der Waals surface area (Å²) in [5.74, 6) is 0.860. The molecule has 0 spiro atoms. The molecule has 7 nitrogen and oxygen atoms in total. The van der Waals surface area contributed by atoms with Crippen molar-refractivity contribution >= 4 is 17.6 Å². The van der Waals surface area contributed by atoms with E-state index in [1.165, 1.54) is 5.69 Å². The molecule has 1 heterocycles. The first-order valence-corrected chi connectivity index (χ1v) is 10.4. The van der Waals surface area contributed by atoms with Gasteiger partial charge in [0.25, 0.3) is 0 Å². The summed E-state index contributed by atoms with van der Waals surface area (Å²) in [6, 6.07) is 9.94. The predicted molar refractivity (Wildman–Crippen MR) is 119 cm³/mol. The maximum Gasteiger partial charge on any atom is 0.224 e. The second-order valence-corrected chi connectivity index (χ2v) is 7.12. The minimum absolute atomic E-state index is 0.0531. The van der Waals surface area contributed by atoms with Crippen molar-refractivity contribution in [2.45, 2.75) is 60.0 Å². The smallest absolute Gasteiger partial charge is 0.224 e. The molecular weight excluding hydrogens is 364 g/mol. The third-order valence-electron chi connectivity index (χ3n) is 4.42. The highest BCUT2D eigenvalue weighted by Crippen LogP contribution is 2.11. The van der Waals surface area contributed by atoms with E-state index in [9.17, 15) is 4.79 Å². The van der Waals surface area contributed by atoms with E-state index >= 15 is 0 Å². The Morgan fingerprint density at radius 1 is 1.14 bits per heavy atom. The normalized spacial score (nSPS) is 11.4. The van der Waals surface area contributed by atoms with Gasteiger partial charge in [-0.3, -0.25) is 9.48 Å². The maximum atomic E-state index is 11.7. The molecule has 0 radical (unpaired) electrons. The van der Waals surface area contributed by atoms with Crippen LogP contribution in [0.2, 0.25) is 0 Å². The highest BCUT2D eigenvalue weighted by atomic mass is 16.1. The minimum Gasteiger partial charge on any atom is -0.357 e. The lowest BCUT2D eigenvalue weighted by molar-refractivity contribution is -0.116. The first-order chi connectivity index (χ1) is 14.0. The van der Waals surface area contributed by atoms with Crippen molar-refractivity contribution in [2.24, 2.45) is 4.99 Å². The van der Waals surface area contributed by atoms with E-state index in [0.717, 1.165) is 55.4 Å². The van der Waals surface area contributed by atoms with Crippen molar-refractivity contribution in [3.63, 3.8) is 0 Å². The van der Waals surface area contributed by atoms with Crippen LogP contribution in [-0.2, 0) is 17.9 Å². The second kappa shape index (κ2) is 11.9. The quantitative estimate of drug-likeness (QED) is 0.325. The maximum absolute atomic E-state index is 11.7. The van der Waals surface area contributed by atoms with Gasteiger partial charge in [0.1, 0.15) is 0 Å². The van der Waals surface area contributed by atoms with Gasteiger partial charge in [-0.2, -0.15) is 5.10 Å². The monoisotopic (exact) mass is 398 g/mol. The van der Waals surface area contributed by atoms with Gasteiger partial charge in [-0.25, -0.2) is 4.99 Å². The molecule has 0 atom stereocenters. The fourth-order valence-electron chi connectivity index (χ4n) is 2.99. The molecule has 29 heavy (non-hydrogen) atoms. The molecular formula is C22H34N6O. The summed E-state index contributed by atoms with van der Waals surface area (Å²) >= 11 is 0. The van der Waals surface area contributed by atoms with E-state index in [1.54, 1.807) is 0 Å². The van der Waals surface area contributed by atoms with Gasteiger partial charge >= 0.3 is 0 Å². The van der Waals surface area contributed by atoms with Crippen molar-refractivity contribution in [3.05, 3.63) is 47.3 Å². The number of nitrogens with zero attached hydrogens (tertiary/aromatic N) is 3. The van der Waals surface area contributed by atoms with E-state index in [2.05, 4.69) is 46.0 Å². The Bertz CT molecular complexity index is 794. The number of aryl methyl sites for hydroxylation is 3. The molecule has 0 bridgehead atoms. The Kier molecular flexibility index (Phi) is 9.21. The molecule has 0 aliphatic heterocycles. The lowest BCUT2D eigenvalue weighted by Crippen LogP contribution is -2.38. The van der Waals surface area contributed by atoms with Gasteiger partial charge < -0.3 is 16.0 Å². The fourth-order valence-corrected chi connectivity index (χ4v) is 2.99. The first kappa shape index (κ1) is 22.5. The number of aromatic nitrogens is 2. The molecule has 0 saturated carbocycles. The standard InChI is InChI=1S/C22H34N6O/c1-5-8-21(29)26-20-11-9-19(10-12-20)16-25-22(23-6-2)24-13-7-14-28-18(4)15-17(3)27-28/h9-12,15H,5-8,13-14,16H2,1-4H3,(H,26,29)(H2,23,24,25). The van der Waals surface area contributed by atoms with Crippen LogP contribution in [0, 0.1) is 13.8 Å². The molecule has 0 aliphatic rings. The molecule has 1 aromatic carbocycles. The summed E-state index contributed by atoms with van der Waals surface area (Å²) in [6.45, 7) is 11.3. The van der Waals surface area contributed by atoms with Crippen molar-refractivity contribution < 1.29 is 4.79 Å². The van der Waals surface area contributed by atoms with Gasteiger partial charge in [0.2, 0.25) is 5.91 Å². The van der Waals surface area contributed by atoms with E-state index in [-0.39, 0.29) is 5.91 Å². The van der Waals surface area contributed by atoms with Crippen molar-refractivity contribution in [3.8, 4) is 0 Å². The summed E-state index contributed by atoms with van der Waals surface area (Å²) in [4.78, 5) is 16.3. The summed E-state index contributed by atoms with van der Waals surface area (Å²) < 4.78 is 2.04. The molecule has 0 saturated heterocycles.